The molecule has 6 heteroatoms. The number of amides is 2. The van der Waals surface area contributed by atoms with Crippen molar-refractivity contribution in [3.63, 3.8) is 0 Å². The van der Waals surface area contributed by atoms with E-state index in [2.05, 4.69) is 5.32 Å². The van der Waals surface area contributed by atoms with Crippen molar-refractivity contribution < 1.29 is 14.3 Å². The van der Waals surface area contributed by atoms with E-state index in [0.29, 0.717) is 17.3 Å². The van der Waals surface area contributed by atoms with Gasteiger partial charge in [-0.05, 0) is 63.9 Å². The minimum atomic E-state index is -0.623. The van der Waals surface area contributed by atoms with E-state index >= 15 is 0 Å². The molecular weight excluding hydrogens is 388 g/mol. The monoisotopic (exact) mass is 416 g/mol. The molecule has 0 saturated carbocycles. The summed E-state index contributed by atoms with van der Waals surface area (Å²) in [4.78, 5) is 27.1. The molecule has 2 aromatic carbocycles. The smallest absolute Gasteiger partial charge is 0.261 e. The number of hydrogen-bond acceptors (Lipinski definition) is 3. The van der Waals surface area contributed by atoms with Crippen molar-refractivity contribution in [3.05, 3.63) is 64.2 Å². The van der Waals surface area contributed by atoms with Crippen LogP contribution in [0.2, 0.25) is 5.02 Å². The van der Waals surface area contributed by atoms with Crippen LogP contribution in [-0.4, -0.2) is 35.4 Å². The second-order valence-corrected chi connectivity index (χ2v) is 7.95. The van der Waals surface area contributed by atoms with Crippen LogP contribution < -0.4 is 10.1 Å². The van der Waals surface area contributed by atoms with E-state index in [0.717, 1.165) is 16.7 Å². The van der Waals surface area contributed by atoms with Crippen LogP contribution >= 0.6 is 11.6 Å². The lowest BCUT2D eigenvalue weighted by Crippen LogP contribution is -2.50. The number of aryl methyl sites for hydroxylation is 2. The highest BCUT2D eigenvalue weighted by atomic mass is 35.5. The highest BCUT2D eigenvalue weighted by Gasteiger charge is 2.26. The number of halogens is 1. The minimum Gasteiger partial charge on any atom is -0.484 e. The van der Waals surface area contributed by atoms with E-state index in [-0.39, 0.29) is 24.5 Å². The SMILES string of the molecule is Cc1ccc(CN(C(=O)COc2ccc(Cl)c(C)c2)C(C)C(=O)NC(C)C)cc1. The second kappa shape index (κ2) is 10.3. The van der Waals surface area contributed by atoms with Crippen molar-refractivity contribution in [2.24, 2.45) is 0 Å². The molecule has 1 atom stereocenters. The predicted molar refractivity (Wildman–Crippen MR) is 116 cm³/mol. The van der Waals surface area contributed by atoms with E-state index in [4.69, 9.17) is 16.3 Å². The van der Waals surface area contributed by atoms with Gasteiger partial charge >= 0.3 is 0 Å². The Labute approximate surface area is 178 Å². The number of carbonyl (C=O) groups is 2. The Balaban J connectivity index is 2.15. The van der Waals surface area contributed by atoms with Gasteiger partial charge in [-0.1, -0.05) is 41.4 Å². The maximum Gasteiger partial charge on any atom is 0.261 e. The number of nitrogens with zero attached hydrogens (tertiary/aromatic N) is 1. The molecule has 1 unspecified atom stereocenters. The molecule has 0 saturated heterocycles. The normalized spacial score (nSPS) is 11.8. The first-order valence-corrected chi connectivity index (χ1v) is 10.1. The predicted octanol–water partition coefficient (Wildman–Crippen LogP) is 4.28. The van der Waals surface area contributed by atoms with Crippen LogP contribution in [-0.2, 0) is 16.1 Å². The first-order valence-electron chi connectivity index (χ1n) is 9.71. The Kier molecular flexibility index (Phi) is 8.09. The lowest BCUT2D eigenvalue weighted by atomic mass is 10.1. The molecule has 5 nitrogen and oxygen atoms in total. The number of rotatable bonds is 8. The Hall–Kier alpha value is -2.53. The van der Waals surface area contributed by atoms with Crippen molar-refractivity contribution in [3.8, 4) is 5.75 Å². The average Bonchev–Trinajstić information content (AvgIpc) is 2.67. The summed E-state index contributed by atoms with van der Waals surface area (Å²) in [5.41, 5.74) is 2.96. The summed E-state index contributed by atoms with van der Waals surface area (Å²) in [5, 5.41) is 3.51. The maximum absolute atomic E-state index is 13.0. The molecule has 0 aromatic heterocycles. The van der Waals surface area contributed by atoms with Crippen LogP contribution in [0.1, 0.15) is 37.5 Å². The van der Waals surface area contributed by atoms with Crippen LogP contribution in [0.5, 0.6) is 5.75 Å². The van der Waals surface area contributed by atoms with Gasteiger partial charge in [0.1, 0.15) is 11.8 Å². The third-order valence-corrected chi connectivity index (χ3v) is 4.99. The zero-order valence-corrected chi connectivity index (χ0v) is 18.4. The van der Waals surface area contributed by atoms with Gasteiger partial charge in [-0.25, -0.2) is 0 Å². The van der Waals surface area contributed by atoms with Crippen LogP contribution in [0.25, 0.3) is 0 Å². The van der Waals surface area contributed by atoms with Gasteiger partial charge in [-0.2, -0.15) is 0 Å². The number of hydrogen-bond donors (Lipinski definition) is 1. The summed E-state index contributed by atoms with van der Waals surface area (Å²) in [6.45, 7) is 9.56. The number of nitrogens with one attached hydrogen (secondary N) is 1. The van der Waals surface area contributed by atoms with E-state index in [1.165, 1.54) is 0 Å². The van der Waals surface area contributed by atoms with Crippen LogP contribution in [0, 0.1) is 13.8 Å². The average molecular weight is 417 g/mol. The fourth-order valence-electron chi connectivity index (χ4n) is 2.81. The fraction of sp³-hybridized carbons (Fsp3) is 0.391. The summed E-state index contributed by atoms with van der Waals surface area (Å²) in [5.74, 6) is 0.113. The Morgan fingerprint density at radius 1 is 1.07 bits per heavy atom. The Bertz CT molecular complexity index is 850. The molecule has 1 N–H and O–H groups in total. The fourth-order valence-corrected chi connectivity index (χ4v) is 2.93. The molecular formula is C23H29ClN2O3. The molecule has 0 aliphatic carbocycles. The molecule has 0 bridgehead atoms. The van der Waals surface area contributed by atoms with Gasteiger partial charge in [0, 0.05) is 17.6 Å². The summed E-state index contributed by atoms with van der Waals surface area (Å²) < 4.78 is 5.67. The Morgan fingerprint density at radius 3 is 2.31 bits per heavy atom. The molecule has 0 fully saturated rings. The molecule has 2 rings (SSSR count). The topological polar surface area (TPSA) is 58.6 Å². The number of ether oxygens (including phenoxy) is 1. The molecule has 2 aromatic rings. The lowest BCUT2D eigenvalue weighted by Gasteiger charge is -2.29. The van der Waals surface area contributed by atoms with Crippen molar-refractivity contribution in [2.45, 2.75) is 53.2 Å². The zero-order valence-electron chi connectivity index (χ0n) is 17.7. The first-order chi connectivity index (χ1) is 13.7. The lowest BCUT2D eigenvalue weighted by molar-refractivity contribution is -0.142. The molecule has 0 heterocycles. The van der Waals surface area contributed by atoms with Crippen molar-refractivity contribution in [1.82, 2.24) is 10.2 Å². The summed E-state index contributed by atoms with van der Waals surface area (Å²) >= 11 is 6.04. The van der Waals surface area contributed by atoms with Crippen LogP contribution in [0.15, 0.2) is 42.5 Å². The molecule has 0 spiro atoms. The van der Waals surface area contributed by atoms with Gasteiger partial charge in [0.05, 0.1) is 0 Å². The summed E-state index contributed by atoms with van der Waals surface area (Å²) in [7, 11) is 0. The maximum atomic E-state index is 13.0. The summed E-state index contributed by atoms with van der Waals surface area (Å²) in [6, 6.07) is 12.5. The van der Waals surface area contributed by atoms with E-state index < -0.39 is 6.04 Å². The highest BCUT2D eigenvalue weighted by molar-refractivity contribution is 6.31. The largest absolute Gasteiger partial charge is 0.484 e. The molecule has 0 radical (unpaired) electrons. The molecule has 2 amide bonds. The third kappa shape index (κ3) is 6.79. The van der Waals surface area contributed by atoms with E-state index in [1.54, 1.807) is 30.0 Å². The summed E-state index contributed by atoms with van der Waals surface area (Å²) in [6.07, 6.45) is 0. The molecule has 0 aliphatic heterocycles. The van der Waals surface area contributed by atoms with Gasteiger partial charge in [0.2, 0.25) is 5.91 Å². The quantitative estimate of drug-likeness (QED) is 0.698. The van der Waals surface area contributed by atoms with E-state index in [1.807, 2.05) is 52.0 Å². The molecule has 0 aliphatic rings. The van der Waals surface area contributed by atoms with Gasteiger partial charge in [0.25, 0.3) is 5.91 Å². The van der Waals surface area contributed by atoms with Crippen molar-refractivity contribution in [2.75, 3.05) is 6.61 Å². The molecule has 156 valence electrons. The number of benzene rings is 2. The van der Waals surface area contributed by atoms with Crippen LogP contribution in [0.4, 0.5) is 0 Å². The van der Waals surface area contributed by atoms with Crippen molar-refractivity contribution >= 4 is 23.4 Å². The standard InChI is InChI=1S/C23H29ClN2O3/c1-15(2)25-23(28)18(5)26(13-19-8-6-16(3)7-9-19)22(27)14-29-20-10-11-21(24)17(4)12-20/h6-12,15,18H,13-14H2,1-5H3,(H,25,28). The van der Waals surface area contributed by atoms with Gasteiger partial charge < -0.3 is 15.0 Å². The van der Waals surface area contributed by atoms with Gasteiger partial charge in [-0.3, -0.25) is 9.59 Å². The second-order valence-electron chi connectivity index (χ2n) is 7.55. The number of carbonyl (C=O) groups excluding carboxylic acids is 2. The van der Waals surface area contributed by atoms with Gasteiger partial charge in [-0.15, -0.1) is 0 Å². The molecule has 29 heavy (non-hydrogen) atoms. The van der Waals surface area contributed by atoms with Crippen LogP contribution in [0.3, 0.4) is 0 Å². The van der Waals surface area contributed by atoms with Gasteiger partial charge in [0.15, 0.2) is 6.61 Å². The van der Waals surface area contributed by atoms with Crippen molar-refractivity contribution in [1.29, 1.82) is 0 Å². The van der Waals surface area contributed by atoms with E-state index in [9.17, 15) is 9.59 Å². The highest BCUT2D eigenvalue weighted by Crippen LogP contribution is 2.21. The Morgan fingerprint density at radius 2 is 1.72 bits per heavy atom. The zero-order chi connectivity index (χ0) is 21.6. The minimum absolute atomic E-state index is 0.00503. The third-order valence-electron chi connectivity index (χ3n) is 4.56. The first kappa shape index (κ1) is 22.8.